The Kier molecular flexibility index (Phi) is 3.38. The molecule has 0 saturated carbocycles. The fourth-order valence-electron chi connectivity index (χ4n) is 1.81. The van der Waals surface area contributed by atoms with Gasteiger partial charge in [0.1, 0.15) is 5.75 Å². The summed E-state index contributed by atoms with van der Waals surface area (Å²) >= 11 is 0. The first-order chi connectivity index (χ1) is 8.85. The second kappa shape index (κ2) is 4.84. The highest BCUT2D eigenvalue weighted by Crippen LogP contribution is 2.30. The Morgan fingerprint density at radius 2 is 1.79 bits per heavy atom. The standard InChI is InChI=1S/C14H12F3NO/c1-9-5-6-11(18)8-13(9)10-3-2-4-12(7-10)19-14(15,16)17/h2-8H,18H2,1H3. The monoisotopic (exact) mass is 267 g/mol. The molecule has 0 saturated heterocycles. The molecule has 5 heteroatoms. The van der Waals surface area contributed by atoms with Gasteiger partial charge in [0.05, 0.1) is 0 Å². The average Bonchev–Trinajstić information content (AvgIpc) is 2.30. The van der Waals surface area contributed by atoms with E-state index in [1.165, 1.54) is 18.2 Å². The maximum atomic E-state index is 12.2. The van der Waals surface area contributed by atoms with Gasteiger partial charge in [-0.3, -0.25) is 0 Å². The molecule has 0 fully saturated rings. The number of hydrogen-bond acceptors (Lipinski definition) is 2. The van der Waals surface area contributed by atoms with Gasteiger partial charge in [0.15, 0.2) is 0 Å². The number of ether oxygens (including phenoxy) is 1. The minimum Gasteiger partial charge on any atom is -0.406 e. The molecule has 0 spiro atoms. The van der Waals surface area contributed by atoms with Crippen molar-refractivity contribution in [3.05, 3.63) is 48.0 Å². The Hall–Kier alpha value is -2.17. The zero-order chi connectivity index (χ0) is 14.0. The Morgan fingerprint density at radius 1 is 1.05 bits per heavy atom. The number of aryl methyl sites for hydroxylation is 1. The zero-order valence-electron chi connectivity index (χ0n) is 10.2. The molecule has 0 aromatic heterocycles. The van der Waals surface area contributed by atoms with Crippen LogP contribution >= 0.6 is 0 Å². The molecule has 2 nitrogen and oxygen atoms in total. The average molecular weight is 267 g/mol. The largest absolute Gasteiger partial charge is 0.573 e. The molecule has 0 unspecified atom stereocenters. The third kappa shape index (κ3) is 3.40. The maximum absolute atomic E-state index is 12.2. The van der Waals surface area contributed by atoms with Gasteiger partial charge in [-0.1, -0.05) is 18.2 Å². The van der Waals surface area contributed by atoms with Crippen LogP contribution in [-0.4, -0.2) is 6.36 Å². The SMILES string of the molecule is Cc1ccc(N)cc1-c1cccc(OC(F)(F)F)c1. The van der Waals surface area contributed by atoms with Gasteiger partial charge in [0, 0.05) is 5.69 Å². The third-order valence-corrected chi connectivity index (χ3v) is 2.64. The lowest BCUT2D eigenvalue weighted by Crippen LogP contribution is -2.17. The normalized spacial score (nSPS) is 11.4. The topological polar surface area (TPSA) is 35.2 Å². The molecule has 2 aromatic rings. The lowest BCUT2D eigenvalue weighted by Gasteiger charge is -2.11. The Bertz CT molecular complexity index is 593. The summed E-state index contributed by atoms with van der Waals surface area (Å²) in [6.07, 6.45) is -4.69. The molecule has 100 valence electrons. The summed E-state index contributed by atoms with van der Waals surface area (Å²) in [6.45, 7) is 1.87. The van der Waals surface area contributed by atoms with Crippen LogP contribution < -0.4 is 10.5 Å². The van der Waals surface area contributed by atoms with Crippen molar-refractivity contribution in [3.63, 3.8) is 0 Å². The molecule has 0 bridgehead atoms. The summed E-state index contributed by atoms with van der Waals surface area (Å²) in [5, 5.41) is 0. The zero-order valence-corrected chi connectivity index (χ0v) is 10.2. The van der Waals surface area contributed by atoms with Crippen LogP contribution in [0.3, 0.4) is 0 Å². The fourth-order valence-corrected chi connectivity index (χ4v) is 1.81. The van der Waals surface area contributed by atoms with Crippen molar-refractivity contribution < 1.29 is 17.9 Å². The predicted octanol–water partition coefficient (Wildman–Crippen LogP) is 4.14. The summed E-state index contributed by atoms with van der Waals surface area (Å²) < 4.78 is 40.4. The molecule has 0 aliphatic heterocycles. The summed E-state index contributed by atoms with van der Waals surface area (Å²) in [6, 6.07) is 11.1. The Balaban J connectivity index is 2.40. The van der Waals surface area contributed by atoms with Gasteiger partial charge in [-0.25, -0.2) is 0 Å². The molecule has 0 radical (unpaired) electrons. The molecular weight excluding hydrogens is 255 g/mol. The number of alkyl halides is 3. The van der Waals surface area contributed by atoms with Gasteiger partial charge < -0.3 is 10.5 Å². The van der Waals surface area contributed by atoms with Crippen LogP contribution in [0.15, 0.2) is 42.5 Å². The van der Waals surface area contributed by atoms with Crippen LogP contribution in [0.25, 0.3) is 11.1 Å². The Morgan fingerprint density at radius 3 is 2.47 bits per heavy atom. The van der Waals surface area contributed by atoms with Crippen LogP contribution in [-0.2, 0) is 0 Å². The van der Waals surface area contributed by atoms with Gasteiger partial charge >= 0.3 is 6.36 Å². The van der Waals surface area contributed by atoms with E-state index in [1.807, 2.05) is 13.0 Å². The molecule has 0 heterocycles. The Labute approximate surface area is 108 Å². The smallest absolute Gasteiger partial charge is 0.406 e. The van der Waals surface area contributed by atoms with E-state index in [9.17, 15) is 13.2 Å². The summed E-state index contributed by atoms with van der Waals surface area (Å²) in [7, 11) is 0. The van der Waals surface area contributed by atoms with Crippen LogP contribution in [0.1, 0.15) is 5.56 Å². The highest BCUT2D eigenvalue weighted by molar-refractivity contribution is 5.71. The number of rotatable bonds is 2. The van der Waals surface area contributed by atoms with Crippen LogP contribution in [0.4, 0.5) is 18.9 Å². The molecule has 2 N–H and O–H groups in total. The number of halogens is 3. The number of hydrogen-bond donors (Lipinski definition) is 1. The minimum atomic E-state index is -4.69. The van der Waals surface area contributed by atoms with Crippen LogP contribution in [0.5, 0.6) is 5.75 Å². The van der Waals surface area contributed by atoms with Crippen molar-refractivity contribution in [1.82, 2.24) is 0 Å². The van der Waals surface area contributed by atoms with Gasteiger partial charge in [0.2, 0.25) is 0 Å². The van der Waals surface area contributed by atoms with Gasteiger partial charge in [0.25, 0.3) is 0 Å². The van der Waals surface area contributed by atoms with Crippen molar-refractivity contribution in [2.75, 3.05) is 5.73 Å². The molecule has 0 aliphatic rings. The van der Waals surface area contributed by atoms with Gasteiger partial charge in [-0.2, -0.15) is 0 Å². The van der Waals surface area contributed by atoms with E-state index in [-0.39, 0.29) is 5.75 Å². The summed E-state index contributed by atoms with van der Waals surface area (Å²) in [5.74, 6) is -0.244. The maximum Gasteiger partial charge on any atom is 0.573 e. The highest BCUT2D eigenvalue weighted by atomic mass is 19.4. The minimum absolute atomic E-state index is 0.244. The van der Waals surface area contributed by atoms with Gasteiger partial charge in [-0.05, 0) is 47.9 Å². The lowest BCUT2D eigenvalue weighted by atomic mass is 10.00. The second-order valence-electron chi connectivity index (χ2n) is 4.15. The van der Waals surface area contributed by atoms with Crippen molar-refractivity contribution in [2.45, 2.75) is 13.3 Å². The molecule has 0 amide bonds. The first-order valence-corrected chi connectivity index (χ1v) is 5.57. The molecular formula is C14H12F3NO. The highest BCUT2D eigenvalue weighted by Gasteiger charge is 2.31. The summed E-state index contributed by atoms with van der Waals surface area (Å²) in [5.41, 5.74) is 8.60. The molecule has 2 aromatic carbocycles. The fraction of sp³-hybridized carbons (Fsp3) is 0.143. The molecule has 0 atom stereocenters. The van der Waals surface area contributed by atoms with Crippen molar-refractivity contribution in [1.29, 1.82) is 0 Å². The van der Waals surface area contributed by atoms with E-state index in [2.05, 4.69) is 4.74 Å². The second-order valence-corrected chi connectivity index (χ2v) is 4.15. The number of nitrogen functional groups attached to an aromatic ring is 1. The van der Waals surface area contributed by atoms with E-state index in [1.54, 1.807) is 18.2 Å². The molecule has 0 aliphatic carbocycles. The van der Waals surface area contributed by atoms with Crippen molar-refractivity contribution in [3.8, 4) is 16.9 Å². The lowest BCUT2D eigenvalue weighted by molar-refractivity contribution is -0.274. The van der Waals surface area contributed by atoms with E-state index >= 15 is 0 Å². The molecule has 2 rings (SSSR count). The first kappa shape index (κ1) is 13.3. The number of nitrogens with two attached hydrogens (primary N) is 1. The van der Waals surface area contributed by atoms with E-state index in [4.69, 9.17) is 5.73 Å². The first-order valence-electron chi connectivity index (χ1n) is 5.57. The van der Waals surface area contributed by atoms with Crippen LogP contribution in [0.2, 0.25) is 0 Å². The van der Waals surface area contributed by atoms with Crippen LogP contribution in [0, 0.1) is 6.92 Å². The quantitative estimate of drug-likeness (QED) is 0.830. The number of anilines is 1. The van der Waals surface area contributed by atoms with E-state index < -0.39 is 6.36 Å². The van der Waals surface area contributed by atoms with Gasteiger partial charge in [-0.15, -0.1) is 13.2 Å². The van der Waals surface area contributed by atoms with Crippen molar-refractivity contribution >= 4 is 5.69 Å². The third-order valence-electron chi connectivity index (χ3n) is 2.64. The molecule has 19 heavy (non-hydrogen) atoms. The number of benzene rings is 2. The van der Waals surface area contributed by atoms with E-state index in [0.29, 0.717) is 11.3 Å². The predicted molar refractivity (Wildman–Crippen MR) is 67.7 cm³/mol. The van der Waals surface area contributed by atoms with Crippen molar-refractivity contribution in [2.24, 2.45) is 0 Å². The van der Waals surface area contributed by atoms with E-state index in [0.717, 1.165) is 11.1 Å². The summed E-state index contributed by atoms with van der Waals surface area (Å²) in [4.78, 5) is 0.